The standard InChI is InChI=1S/C23H19F3N2O2/c24-23(25,26)30-19-7-8-20-17(14-19)6-9-21(22(20)29)28-12-10-18(11-13-28)27-15-16-4-2-1-3-5-16/h1-5,7-8,10-14,21H,6,9,15H2/p+1. The van der Waals surface area contributed by atoms with E-state index in [-0.39, 0.29) is 17.6 Å². The molecule has 0 aliphatic heterocycles. The number of ether oxygens (including phenoxy) is 1. The number of halogens is 3. The summed E-state index contributed by atoms with van der Waals surface area (Å²) in [6.07, 6.45) is -0.0315. The molecule has 1 N–H and O–H groups in total. The molecular weight excluding hydrogens is 393 g/mol. The second-order valence-corrected chi connectivity index (χ2v) is 7.16. The number of pyridine rings is 1. The first kappa shape index (κ1) is 19.9. The van der Waals surface area contributed by atoms with Gasteiger partial charge in [0, 0.05) is 36.3 Å². The van der Waals surface area contributed by atoms with E-state index in [2.05, 4.69) is 10.1 Å². The van der Waals surface area contributed by atoms with Crippen LogP contribution in [0.4, 0.5) is 18.9 Å². The second kappa shape index (κ2) is 8.18. The number of nitrogens with zero attached hydrogens (tertiary/aromatic N) is 1. The quantitative estimate of drug-likeness (QED) is 0.608. The van der Waals surface area contributed by atoms with Crippen LogP contribution in [-0.4, -0.2) is 12.1 Å². The van der Waals surface area contributed by atoms with E-state index in [0.29, 0.717) is 30.5 Å². The van der Waals surface area contributed by atoms with Crippen molar-refractivity contribution < 1.29 is 27.3 Å². The number of anilines is 1. The smallest absolute Gasteiger partial charge is 0.406 e. The first-order valence-electron chi connectivity index (χ1n) is 9.60. The van der Waals surface area contributed by atoms with Crippen LogP contribution in [0.5, 0.6) is 5.75 Å². The summed E-state index contributed by atoms with van der Waals surface area (Å²) in [7, 11) is 0. The summed E-state index contributed by atoms with van der Waals surface area (Å²) in [5.41, 5.74) is 3.13. The molecule has 1 aromatic heterocycles. The van der Waals surface area contributed by atoms with Crippen molar-refractivity contribution in [3.8, 4) is 5.75 Å². The minimum Gasteiger partial charge on any atom is -0.406 e. The number of hydrogen-bond acceptors (Lipinski definition) is 3. The first-order valence-corrected chi connectivity index (χ1v) is 9.60. The molecule has 0 saturated heterocycles. The van der Waals surface area contributed by atoms with Crippen molar-refractivity contribution >= 4 is 11.5 Å². The number of benzene rings is 2. The summed E-state index contributed by atoms with van der Waals surface area (Å²) in [6, 6.07) is 17.4. The lowest BCUT2D eigenvalue weighted by Crippen LogP contribution is -2.45. The van der Waals surface area contributed by atoms with Gasteiger partial charge in [-0.05, 0) is 35.7 Å². The van der Waals surface area contributed by atoms with E-state index in [1.165, 1.54) is 23.8 Å². The van der Waals surface area contributed by atoms with Gasteiger partial charge in [-0.15, -0.1) is 13.2 Å². The molecule has 1 unspecified atom stereocenters. The molecule has 3 aromatic rings. The molecule has 0 saturated carbocycles. The summed E-state index contributed by atoms with van der Waals surface area (Å²) in [5.74, 6) is -0.404. The predicted octanol–water partition coefficient (Wildman–Crippen LogP) is 4.86. The van der Waals surface area contributed by atoms with E-state index >= 15 is 0 Å². The number of hydrogen-bond donors (Lipinski definition) is 1. The third-order valence-corrected chi connectivity index (χ3v) is 5.12. The van der Waals surface area contributed by atoms with E-state index in [9.17, 15) is 18.0 Å². The van der Waals surface area contributed by atoms with Crippen LogP contribution in [0.15, 0.2) is 73.1 Å². The third kappa shape index (κ3) is 4.62. The van der Waals surface area contributed by atoms with Crippen LogP contribution < -0.4 is 14.6 Å². The highest BCUT2D eigenvalue weighted by molar-refractivity contribution is 6.00. The molecule has 0 amide bonds. The number of rotatable bonds is 5. The number of alkyl halides is 3. The fourth-order valence-corrected chi connectivity index (χ4v) is 3.67. The van der Waals surface area contributed by atoms with Gasteiger partial charge in [0.05, 0.1) is 0 Å². The Morgan fingerprint density at radius 3 is 2.47 bits per heavy atom. The summed E-state index contributed by atoms with van der Waals surface area (Å²) in [6.45, 7) is 0.697. The number of nitrogens with one attached hydrogen (secondary N) is 1. The van der Waals surface area contributed by atoms with Gasteiger partial charge in [0.1, 0.15) is 5.75 Å². The molecule has 0 spiro atoms. The van der Waals surface area contributed by atoms with E-state index in [0.717, 1.165) is 5.69 Å². The minimum atomic E-state index is -4.75. The molecule has 7 heteroatoms. The lowest BCUT2D eigenvalue weighted by atomic mass is 9.87. The summed E-state index contributed by atoms with van der Waals surface area (Å²) in [5, 5.41) is 3.34. The zero-order valence-electron chi connectivity index (χ0n) is 16.0. The molecule has 1 aliphatic rings. The molecule has 0 fully saturated rings. The molecule has 1 heterocycles. The van der Waals surface area contributed by atoms with Crippen LogP contribution in [0.1, 0.15) is 33.9 Å². The fraction of sp³-hybridized carbons (Fsp3) is 0.217. The Hall–Kier alpha value is -3.35. The van der Waals surface area contributed by atoms with E-state index in [1.54, 1.807) is 0 Å². The van der Waals surface area contributed by atoms with Gasteiger partial charge in [-0.1, -0.05) is 30.3 Å². The fourth-order valence-electron chi connectivity index (χ4n) is 3.67. The molecule has 1 aliphatic carbocycles. The van der Waals surface area contributed by atoms with Crippen molar-refractivity contribution in [1.82, 2.24) is 0 Å². The molecular formula is C23H20F3N2O2+. The van der Waals surface area contributed by atoms with Crippen LogP contribution >= 0.6 is 0 Å². The highest BCUT2D eigenvalue weighted by Crippen LogP contribution is 2.31. The van der Waals surface area contributed by atoms with Gasteiger partial charge in [-0.2, -0.15) is 4.57 Å². The lowest BCUT2D eigenvalue weighted by molar-refractivity contribution is -0.708. The van der Waals surface area contributed by atoms with E-state index in [1.807, 2.05) is 59.4 Å². The van der Waals surface area contributed by atoms with Gasteiger partial charge in [-0.25, -0.2) is 0 Å². The maximum atomic E-state index is 12.9. The van der Waals surface area contributed by atoms with Crippen molar-refractivity contribution in [3.05, 3.63) is 89.7 Å². The number of aromatic nitrogens is 1. The zero-order valence-corrected chi connectivity index (χ0v) is 16.0. The van der Waals surface area contributed by atoms with Crippen molar-refractivity contribution in [2.24, 2.45) is 0 Å². The maximum Gasteiger partial charge on any atom is 0.573 e. The average Bonchev–Trinajstić information content (AvgIpc) is 2.73. The largest absolute Gasteiger partial charge is 0.573 e. The summed E-state index contributed by atoms with van der Waals surface area (Å²) >= 11 is 0. The van der Waals surface area contributed by atoms with Gasteiger partial charge >= 0.3 is 6.36 Å². The molecule has 4 nitrogen and oxygen atoms in total. The maximum absolute atomic E-state index is 12.9. The van der Waals surface area contributed by atoms with Gasteiger partial charge in [0.25, 0.3) is 0 Å². The summed E-state index contributed by atoms with van der Waals surface area (Å²) in [4.78, 5) is 12.9. The van der Waals surface area contributed by atoms with Crippen molar-refractivity contribution in [3.63, 3.8) is 0 Å². The normalized spacial score (nSPS) is 16.1. The monoisotopic (exact) mass is 413 g/mol. The van der Waals surface area contributed by atoms with E-state index < -0.39 is 6.36 Å². The molecule has 0 radical (unpaired) electrons. The molecule has 4 rings (SSSR count). The van der Waals surface area contributed by atoms with Crippen LogP contribution in [0.2, 0.25) is 0 Å². The zero-order chi connectivity index (χ0) is 21.1. The van der Waals surface area contributed by atoms with Crippen molar-refractivity contribution in [2.45, 2.75) is 31.8 Å². The van der Waals surface area contributed by atoms with Crippen LogP contribution in [0, 0.1) is 0 Å². The highest BCUT2D eigenvalue weighted by atomic mass is 19.4. The first-order chi connectivity index (χ1) is 14.4. The van der Waals surface area contributed by atoms with Crippen LogP contribution in [0.3, 0.4) is 0 Å². The molecule has 154 valence electrons. The predicted molar refractivity (Wildman–Crippen MR) is 105 cm³/mol. The number of carbonyl (C=O) groups excluding carboxylic acids is 1. The molecule has 1 atom stereocenters. The molecule has 2 aromatic carbocycles. The third-order valence-electron chi connectivity index (χ3n) is 5.12. The van der Waals surface area contributed by atoms with E-state index in [4.69, 9.17) is 0 Å². The van der Waals surface area contributed by atoms with Crippen molar-refractivity contribution in [2.75, 3.05) is 5.32 Å². The number of Topliss-reactive ketones (excluding diaryl/α,β-unsaturated/α-hetero) is 1. The Kier molecular flexibility index (Phi) is 5.44. The average molecular weight is 413 g/mol. The van der Waals surface area contributed by atoms with Gasteiger partial charge in [0.15, 0.2) is 12.4 Å². The van der Waals surface area contributed by atoms with Crippen molar-refractivity contribution in [1.29, 1.82) is 0 Å². The van der Waals surface area contributed by atoms with Crippen LogP contribution in [0.25, 0.3) is 0 Å². The lowest BCUT2D eigenvalue weighted by Gasteiger charge is -2.21. The summed E-state index contributed by atoms with van der Waals surface area (Å²) < 4.78 is 43.1. The Morgan fingerprint density at radius 2 is 1.77 bits per heavy atom. The van der Waals surface area contributed by atoms with Gasteiger partial charge < -0.3 is 10.1 Å². The van der Waals surface area contributed by atoms with Gasteiger partial charge in [-0.3, -0.25) is 4.79 Å². The number of ketones is 1. The second-order valence-electron chi connectivity index (χ2n) is 7.16. The number of fused-ring (bicyclic) bond motifs is 1. The molecule has 30 heavy (non-hydrogen) atoms. The Morgan fingerprint density at radius 1 is 1.03 bits per heavy atom. The minimum absolute atomic E-state index is 0.107. The Balaban J connectivity index is 1.44. The Bertz CT molecular complexity index is 1030. The number of carbonyl (C=O) groups is 1. The molecule has 0 bridgehead atoms. The van der Waals surface area contributed by atoms with Crippen LogP contribution in [-0.2, 0) is 13.0 Å². The topological polar surface area (TPSA) is 42.2 Å². The SMILES string of the molecule is O=C1c2ccc(OC(F)(F)F)cc2CCC1[n+]1ccc(NCc2ccccc2)cc1. The highest BCUT2D eigenvalue weighted by Gasteiger charge is 2.35. The number of aryl methyl sites for hydroxylation is 1. The Labute approximate surface area is 171 Å². The van der Waals surface area contributed by atoms with Gasteiger partial charge in [0.2, 0.25) is 11.8 Å².